The smallest absolute Gasteiger partial charge is 0.256 e. The van der Waals surface area contributed by atoms with Gasteiger partial charge >= 0.3 is 0 Å². The van der Waals surface area contributed by atoms with Crippen LogP contribution in [-0.2, 0) is 0 Å². The standard InChI is InChI=1S/C17H19ClN2O/c1-2-12-5-4-10-20(11-12)17(21)14-7-8-15(18)13-6-3-9-19-16(13)14/h3,6-9,12H,2,4-5,10-11H2,1H3/t12-/m0/s1. The number of carbonyl (C=O) groups is 1. The highest BCUT2D eigenvalue weighted by Crippen LogP contribution is 2.27. The first kappa shape index (κ1) is 14.3. The summed E-state index contributed by atoms with van der Waals surface area (Å²) in [5.41, 5.74) is 1.36. The molecule has 0 bridgehead atoms. The maximum Gasteiger partial charge on any atom is 0.256 e. The molecule has 3 nitrogen and oxygen atoms in total. The zero-order chi connectivity index (χ0) is 14.8. The summed E-state index contributed by atoms with van der Waals surface area (Å²) in [5, 5.41) is 1.48. The van der Waals surface area contributed by atoms with Crippen LogP contribution >= 0.6 is 11.6 Å². The number of hydrogen-bond donors (Lipinski definition) is 0. The number of hydrogen-bond acceptors (Lipinski definition) is 2. The Hall–Kier alpha value is -1.61. The molecule has 1 atom stereocenters. The number of benzene rings is 1. The van der Waals surface area contributed by atoms with Crippen LogP contribution in [-0.4, -0.2) is 28.9 Å². The number of piperidine rings is 1. The lowest BCUT2D eigenvalue weighted by molar-refractivity contribution is 0.0673. The first-order valence-corrected chi connectivity index (χ1v) is 7.91. The van der Waals surface area contributed by atoms with Gasteiger partial charge in [-0.05, 0) is 43.0 Å². The van der Waals surface area contributed by atoms with Crippen LogP contribution in [0.5, 0.6) is 0 Å². The van der Waals surface area contributed by atoms with Crippen LogP contribution < -0.4 is 0 Å². The van der Waals surface area contributed by atoms with Gasteiger partial charge in [-0.2, -0.15) is 0 Å². The molecule has 1 aliphatic heterocycles. The maximum atomic E-state index is 12.8. The number of rotatable bonds is 2. The van der Waals surface area contributed by atoms with E-state index in [9.17, 15) is 4.79 Å². The van der Waals surface area contributed by atoms with Gasteiger partial charge in [0.25, 0.3) is 5.91 Å². The van der Waals surface area contributed by atoms with Gasteiger partial charge in [0, 0.05) is 24.7 Å². The van der Waals surface area contributed by atoms with Crippen LogP contribution in [0.15, 0.2) is 30.5 Å². The van der Waals surface area contributed by atoms with Crippen LogP contribution in [0, 0.1) is 5.92 Å². The van der Waals surface area contributed by atoms with Crippen molar-refractivity contribution in [3.05, 3.63) is 41.0 Å². The molecule has 1 aromatic carbocycles. The van der Waals surface area contributed by atoms with Crippen LogP contribution in [0.4, 0.5) is 0 Å². The fourth-order valence-electron chi connectivity index (χ4n) is 3.06. The predicted octanol–water partition coefficient (Wildman–Crippen LogP) is 4.15. The molecule has 1 aliphatic rings. The lowest BCUT2D eigenvalue weighted by Gasteiger charge is -2.32. The largest absolute Gasteiger partial charge is 0.338 e. The molecule has 2 heterocycles. The second-order valence-corrected chi connectivity index (χ2v) is 6.07. The van der Waals surface area contributed by atoms with Gasteiger partial charge in [0.15, 0.2) is 0 Å². The Morgan fingerprint density at radius 3 is 3.10 bits per heavy atom. The Balaban J connectivity index is 1.96. The first-order valence-electron chi connectivity index (χ1n) is 7.53. The molecule has 0 spiro atoms. The fraction of sp³-hybridized carbons (Fsp3) is 0.412. The van der Waals surface area contributed by atoms with Crippen molar-refractivity contribution in [3.8, 4) is 0 Å². The number of nitrogens with zero attached hydrogens (tertiary/aromatic N) is 2. The van der Waals surface area contributed by atoms with Crippen molar-refractivity contribution in [2.75, 3.05) is 13.1 Å². The summed E-state index contributed by atoms with van der Waals surface area (Å²) in [5.74, 6) is 0.697. The van der Waals surface area contributed by atoms with Gasteiger partial charge in [-0.25, -0.2) is 0 Å². The van der Waals surface area contributed by atoms with Crippen LogP contribution in [0.3, 0.4) is 0 Å². The van der Waals surface area contributed by atoms with Crippen LogP contribution in [0.1, 0.15) is 36.5 Å². The molecule has 0 N–H and O–H groups in total. The van der Waals surface area contributed by atoms with E-state index in [0.717, 1.165) is 31.3 Å². The summed E-state index contributed by atoms with van der Waals surface area (Å²) in [7, 11) is 0. The van der Waals surface area contributed by atoms with Crippen molar-refractivity contribution in [2.24, 2.45) is 5.92 Å². The summed E-state index contributed by atoms with van der Waals surface area (Å²) in [4.78, 5) is 19.2. The Kier molecular flexibility index (Phi) is 4.11. The SMILES string of the molecule is CC[C@H]1CCCN(C(=O)c2ccc(Cl)c3cccnc23)C1. The van der Waals surface area contributed by atoms with Crippen LogP contribution in [0.25, 0.3) is 10.9 Å². The number of fused-ring (bicyclic) bond motifs is 1. The predicted molar refractivity (Wildman–Crippen MR) is 85.7 cm³/mol. The third kappa shape index (κ3) is 2.75. The van der Waals surface area contributed by atoms with E-state index < -0.39 is 0 Å². The number of amides is 1. The Labute approximate surface area is 129 Å². The molecule has 1 fully saturated rings. The van der Waals surface area contributed by atoms with Crippen molar-refractivity contribution in [1.82, 2.24) is 9.88 Å². The van der Waals surface area contributed by atoms with Gasteiger partial charge in [-0.1, -0.05) is 24.9 Å². The molecule has 0 unspecified atom stereocenters. The molecular weight excluding hydrogens is 284 g/mol. The van der Waals surface area contributed by atoms with E-state index in [0.29, 0.717) is 22.0 Å². The molecule has 3 rings (SSSR count). The summed E-state index contributed by atoms with van der Waals surface area (Å²) in [6.07, 6.45) is 5.15. The fourth-order valence-corrected chi connectivity index (χ4v) is 3.28. The van der Waals surface area contributed by atoms with Gasteiger partial charge in [0.05, 0.1) is 16.1 Å². The van der Waals surface area contributed by atoms with Gasteiger partial charge in [0.2, 0.25) is 0 Å². The summed E-state index contributed by atoms with van der Waals surface area (Å²) in [6, 6.07) is 7.35. The number of likely N-dealkylation sites (tertiary alicyclic amines) is 1. The average Bonchev–Trinajstić information content (AvgIpc) is 2.55. The topological polar surface area (TPSA) is 33.2 Å². The minimum Gasteiger partial charge on any atom is -0.338 e. The van der Waals surface area contributed by atoms with E-state index in [1.54, 1.807) is 18.3 Å². The highest BCUT2D eigenvalue weighted by atomic mass is 35.5. The van der Waals surface area contributed by atoms with E-state index in [1.165, 1.54) is 6.42 Å². The molecule has 1 amide bonds. The van der Waals surface area contributed by atoms with Crippen molar-refractivity contribution in [2.45, 2.75) is 26.2 Å². The summed E-state index contributed by atoms with van der Waals surface area (Å²) < 4.78 is 0. The Morgan fingerprint density at radius 1 is 1.43 bits per heavy atom. The number of halogens is 1. The molecule has 21 heavy (non-hydrogen) atoms. The minimum atomic E-state index is 0.0773. The summed E-state index contributed by atoms with van der Waals surface area (Å²) >= 11 is 6.20. The number of pyridine rings is 1. The highest BCUT2D eigenvalue weighted by Gasteiger charge is 2.25. The molecular formula is C17H19ClN2O. The van der Waals surface area contributed by atoms with Crippen molar-refractivity contribution in [3.63, 3.8) is 0 Å². The third-order valence-corrected chi connectivity index (χ3v) is 4.66. The lowest BCUT2D eigenvalue weighted by Crippen LogP contribution is -2.39. The zero-order valence-electron chi connectivity index (χ0n) is 12.2. The molecule has 0 aliphatic carbocycles. The van der Waals surface area contributed by atoms with Crippen molar-refractivity contribution in [1.29, 1.82) is 0 Å². The highest BCUT2D eigenvalue weighted by molar-refractivity contribution is 6.36. The van der Waals surface area contributed by atoms with E-state index in [2.05, 4.69) is 11.9 Å². The van der Waals surface area contributed by atoms with Crippen LogP contribution in [0.2, 0.25) is 5.02 Å². The van der Waals surface area contributed by atoms with Crippen molar-refractivity contribution >= 4 is 28.4 Å². The quantitative estimate of drug-likeness (QED) is 0.835. The molecule has 0 saturated carbocycles. The van der Waals surface area contributed by atoms with Crippen molar-refractivity contribution < 1.29 is 4.79 Å². The first-order chi connectivity index (χ1) is 10.2. The van der Waals surface area contributed by atoms with Gasteiger partial charge < -0.3 is 4.90 Å². The zero-order valence-corrected chi connectivity index (χ0v) is 12.9. The molecule has 110 valence electrons. The summed E-state index contributed by atoms with van der Waals surface area (Å²) in [6.45, 7) is 3.89. The molecule has 1 aromatic heterocycles. The second kappa shape index (κ2) is 6.02. The number of carbonyl (C=O) groups excluding carboxylic acids is 1. The third-order valence-electron chi connectivity index (χ3n) is 4.33. The number of aromatic nitrogens is 1. The van der Waals surface area contributed by atoms with Gasteiger partial charge in [-0.15, -0.1) is 0 Å². The minimum absolute atomic E-state index is 0.0773. The van der Waals surface area contributed by atoms with E-state index in [-0.39, 0.29) is 5.91 Å². The molecule has 0 radical (unpaired) electrons. The van der Waals surface area contributed by atoms with E-state index >= 15 is 0 Å². The normalized spacial score (nSPS) is 19.0. The molecule has 4 heteroatoms. The second-order valence-electron chi connectivity index (χ2n) is 5.66. The van der Waals surface area contributed by atoms with Gasteiger partial charge in [-0.3, -0.25) is 9.78 Å². The van der Waals surface area contributed by atoms with Gasteiger partial charge in [0.1, 0.15) is 0 Å². The monoisotopic (exact) mass is 302 g/mol. The Morgan fingerprint density at radius 2 is 2.29 bits per heavy atom. The van der Waals surface area contributed by atoms with E-state index in [4.69, 9.17) is 11.6 Å². The Bertz CT molecular complexity index is 671. The maximum absolute atomic E-state index is 12.8. The lowest BCUT2D eigenvalue weighted by atomic mass is 9.95. The average molecular weight is 303 g/mol. The molecule has 2 aromatic rings. The van der Waals surface area contributed by atoms with E-state index in [1.807, 2.05) is 17.0 Å². The molecule has 1 saturated heterocycles.